The maximum atomic E-state index is 12.3. The molecule has 10 nitrogen and oxygen atoms in total. The summed E-state index contributed by atoms with van der Waals surface area (Å²) in [6, 6.07) is 7.35. The summed E-state index contributed by atoms with van der Waals surface area (Å²) >= 11 is 0. The standard InChI is InChI=1S/C23H23N7O3/c1-29-10-17-20(18(29)11-31)16(9-19(26-17)27-23(32)13-7-8-13)25-15-6-4-5-14(21(15)33-3)22-24-12-30(2)28-22/h4-6,9,12-13H,7-8,10H2,1-3H3,(H2,25,26,27,32). The van der Waals surface area contributed by atoms with E-state index in [1.54, 1.807) is 36.1 Å². The third kappa shape index (κ3) is 3.81. The summed E-state index contributed by atoms with van der Waals surface area (Å²) in [6.45, 7) is 0.441. The summed E-state index contributed by atoms with van der Waals surface area (Å²) in [6.07, 6.45) is 3.42. The minimum absolute atomic E-state index is 0.0355. The fraction of sp³-hybridized carbons (Fsp3) is 0.304. The van der Waals surface area contributed by atoms with Crippen molar-refractivity contribution in [2.45, 2.75) is 19.4 Å². The van der Waals surface area contributed by atoms with Crippen LogP contribution in [0.5, 0.6) is 5.75 Å². The smallest absolute Gasteiger partial charge is 0.228 e. The number of hydrogen-bond acceptors (Lipinski definition) is 8. The van der Waals surface area contributed by atoms with Gasteiger partial charge in [-0.3, -0.25) is 9.48 Å². The van der Waals surface area contributed by atoms with Gasteiger partial charge >= 0.3 is 0 Å². The second kappa shape index (κ2) is 8.07. The lowest BCUT2D eigenvalue weighted by Gasteiger charge is -2.17. The number of nitrogens with zero attached hydrogens (tertiary/aromatic N) is 5. The summed E-state index contributed by atoms with van der Waals surface area (Å²) in [5.74, 6) is 3.56. The first-order valence-electron chi connectivity index (χ1n) is 10.6. The quantitative estimate of drug-likeness (QED) is 0.557. The Morgan fingerprint density at radius 3 is 2.73 bits per heavy atom. The largest absolute Gasteiger partial charge is 0.494 e. The molecular formula is C23H23N7O3. The topological polar surface area (TPSA) is 114 Å². The van der Waals surface area contributed by atoms with E-state index in [0.29, 0.717) is 52.3 Å². The number of rotatable bonds is 6. The molecule has 5 rings (SSSR count). The molecular weight excluding hydrogens is 422 g/mol. The number of nitrogens with one attached hydrogen (secondary N) is 2. The van der Waals surface area contributed by atoms with Crippen LogP contribution in [-0.2, 0) is 23.2 Å². The number of methoxy groups -OCH3 is 1. The van der Waals surface area contributed by atoms with Gasteiger partial charge in [0.05, 0.1) is 41.9 Å². The van der Waals surface area contributed by atoms with E-state index in [2.05, 4.69) is 25.7 Å². The normalized spacial score (nSPS) is 14.6. The molecule has 33 heavy (non-hydrogen) atoms. The molecule has 2 aromatic heterocycles. The molecule has 3 heterocycles. The van der Waals surface area contributed by atoms with Crippen LogP contribution in [0, 0.1) is 5.92 Å². The predicted molar refractivity (Wildman–Crippen MR) is 122 cm³/mol. The number of para-hydroxylation sites is 1. The van der Waals surface area contributed by atoms with Crippen LogP contribution < -0.4 is 15.4 Å². The number of aromatic nitrogens is 4. The molecule has 2 N–H and O–H groups in total. The van der Waals surface area contributed by atoms with Crippen LogP contribution in [-0.4, -0.2) is 50.7 Å². The van der Waals surface area contributed by atoms with Crippen molar-refractivity contribution in [1.82, 2.24) is 24.6 Å². The number of amides is 1. The van der Waals surface area contributed by atoms with Gasteiger partial charge in [-0.05, 0) is 25.0 Å². The van der Waals surface area contributed by atoms with Gasteiger partial charge in [-0.25, -0.2) is 14.8 Å². The molecule has 0 saturated heterocycles. The zero-order valence-electron chi connectivity index (χ0n) is 18.5. The molecule has 1 aliphatic carbocycles. The first kappa shape index (κ1) is 20.7. The molecule has 0 spiro atoms. The van der Waals surface area contributed by atoms with E-state index in [9.17, 15) is 9.59 Å². The molecule has 1 aromatic carbocycles. The van der Waals surface area contributed by atoms with Crippen molar-refractivity contribution < 1.29 is 14.3 Å². The Morgan fingerprint density at radius 2 is 2.06 bits per heavy atom. The van der Waals surface area contributed by atoms with Crippen LogP contribution in [0.2, 0.25) is 0 Å². The van der Waals surface area contributed by atoms with Crippen LogP contribution in [0.1, 0.15) is 24.1 Å². The van der Waals surface area contributed by atoms with Gasteiger partial charge in [-0.1, -0.05) is 6.07 Å². The number of carbonyl (C=O) groups excluding carboxylic acids is 2. The second-order valence-corrected chi connectivity index (χ2v) is 8.20. The summed E-state index contributed by atoms with van der Waals surface area (Å²) in [5.41, 5.74) is 3.75. The molecule has 1 aliphatic heterocycles. The maximum Gasteiger partial charge on any atom is 0.228 e. The van der Waals surface area contributed by atoms with E-state index in [1.165, 1.54) is 0 Å². The molecule has 0 radical (unpaired) electrons. The number of fused-ring (bicyclic) bond motifs is 1. The van der Waals surface area contributed by atoms with Crippen molar-refractivity contribution in [3.05, 3.63) is 41.9 Å². The third-order valence-corrected chi connectivity index (χ3v) is 5.72. The number of hydrogen-bond donors (Lipinski definition) is 2. The number of pyridine rings is 1. The van der Waals surface area contributed by atoms with Crippen LogP contribution in [0.3, 0.4) is 0 Å². The number of anilines is 3. The lowest BCUT2D eigenvalue weighted by Crippen LogP contribution is -2.15. The average Bonchev–Trinajstić information content (AvgIpc) is 3.48. The van der Waals surface area contributed by atoms with E-state index in [1.807, 2.05) is 31.2 Å². The van der Waals surface area contributed by atoms with Crippen molar-refractivity contribution in [2.24, 2.45) is 13.0 Å². The molecule has 3 aromatic rings. The number of ether oxygens (including phenoxy) is 1. The highest BCUT2D eigenvalue weighted by Crippen LogP contribution is 2.41. The van der Waals surface area contributed by atoms with Crippen molar-refractivity contribution in [3.8, 4) is 17.1 Å². The Morgan fingerprint density at radius 1 is 1.24 bits per heavy atom. The van der Waals surface area contributed by atoms with E-state index in [-0.39, 0.29) is 11.8 Å². The first-order valence-corrected chi connectivity index (χ1v) is 10.6. The van der Waals surface area contributed by atoms with Gasteiger partial charge in [0.2, 0.25) is 5.91 Å². The number of aryl methyl sites for hydroxylation is 1. The van der Waals surface area contributed by atoms with E-state index < -0.39 is 0 Å². The maximum absolute atomic E-state index is 12.3. The summed E-state index contributed by atoms with van der Waals surface area (Å²) in [5, 5.41) is 10.7. The predicted octanol–water partition coefficient (Wildman–Crippen LogP) is 2.60. The third-order valence-electron chi connectivity index (χ3n) is 5.72. The fourth-order valence-electron chi connectivity index (χ4n) is 3.98. The Hall–Kier alpha value is -4.17. The zero-order chi connectivity index (χ0) is 23.1. The van der Waals surface area contributed by atoms with Crippen molar-refractivity contribution in [2.75, 3.05) is 24.8 Å². The molecule has 1 fully saturated rings. The van der Waals surface area contributed by atoms with Gasteiger partial charge in [0, 0.05) is 26.1 Å². The Labute approximate surface area is 190 Å². The molecule has 0 unspecified atom stereocenters. The van der Waals surface area contributed by atoms with Crippen LogP contribution in [0.25, 0.3) is 17.1 Å². The molecule has 0 atom stereocenters. The summed E-state index contributed by atoms with van der Waals surface area (Å²) in [7, 11) is 5.18. The molecule has 1 saturated carbocycles. The minimum Gasteiger partial charge on any atom is -0.494 e. The number of benzene rings is 1. The highest BCUT2D eigenvalue weighted by molar-refractivity contribution is 5.98. The molecule has 2 aliphatic rings. The molecule has 168 valence electrons. The fourth-order valence-corrected chi connectivity index (χ4v) is 3.98. The van der Waals surface area contributed by atoms with Crippen LogP contribution in [0.15, 0.2) is 30.6 Å². The summed E-state index contributed by atoms with van der Waals surface area (Å²) in [4.78, 5) is 34.8. The van der Waals surface area contributed by atoms with E-state index >= 15 is 0 Å². The summed E-state index contributed by atoms with van der Waals surface area (Å²) < 4.78 is 7.33. The SMILES string of the molecule is COc1c(Nc2cc(NC(=O)C3CC3)nc3c2C(=C=O)N(C)C3)cccc1-c1ncn(C)n1. The van der Waals surface area contributed by atoms with Crippen molar-refractivity contribution in [3.63, 3.8) is 0 Å². The van der Waals surface area contributed by atoms with Gasteiger partial charge in [0.25, 0.3) is 0 Å². The highest BCUT2D eigenvalue weighted by Gasteiger charge is 2.32. The Kier molecular flexibility index (Phi) is 5.07. The lowest BCUT2D eigenvalue weighted by atomic mass is 10.1. The minimum atomic E-state index is -0.0355. The monoisotopic (exact) mass is 445 g/mol. The Balaban J connectivity index is 1.58. The van der Waals surface area contributed by atoms with Crippen LogP contribution in [0.4, 0.5) is 17.2 Å². The lowest BCUT2D eigenvalue weighted by molar-refractivity contribution is -0.117. The number of carbonyl (C=O) groups is 1. The molecule has 10 heteroatoms. The molecule has 1 amide bonds. The van der Waals surface area contributed by atoms with Crippen molar-refractivity contribution >= 4 is 34.7 Å². The zero-order valence-corrected chi connectivity index (χ0v) is 18.5. The van der Waals surface area contributed by atoms with E-state index in [0.717, 1.165) is 18.4 Å². The van der Waals surface area contributed by atoms with Gasteiger partial charge in [0.1, 0.15) is 17.8 Å². The highest BCUT2D eigenvalue weighted by atomic mass is 16.5. The van der Waals surface area contributed by atoms with Gasteiger partial charge in [-0.2, -0.15) is 5.10 Å². The second-order valence-electron chi connectivity index (χ2n) is 8.20. The Bertz CT molecular complexity index is 1310. The average molecular weight is 445 g/mol. The van der Waals surface area contributed by atoms with E-state index in [4.69, 9.17) is 4.74 Å². The molecule has 0 bridgehead atoms. The van der Waals surface area contributed by atoms with Crippen LogP contribution >= 0.6 is 0 Å². The van der Waals surface area contributed by atoms with Crippen molar-refractivity contribution in [1.29, 1.82) is 0 Å². The van der Waals surface area contributed by atoms with Gasteiger partial charge < -0.3 is 20.3 Å². The first-order chi connectivity index (χ1) is 16.0. The van der Waals surface area contributed by atoms with Gasteiger partial charge in [0.15, 0.2) is 17.5 Å². The van der Waals surface area contributed by atoms with Gasteiger partial charge in [-0.15, -0.1) is 0 Å².